The zero-order valence-corrected chi connectivity index (χ0v) is 14.1. The fourth-order valence-corrected chi connectivity index (χ4v) is 2.68. The van der Waals surface area contributed by atoms with Crippen molar-refractivity contribution in [1.29, 1.82) is 0 Å². The maximum Gasteiger partial charge on any atom is 0.271 e. The standard InChI is InChI=1S/C18H14ClN3O3/c1-11(20-21-16(23)12-5-4-6-13(19)9-12)10-22-17(24)14-7-2-3-8-15(14)18(22)25/h2-9H,10H2,1H3,(H,21,23). The number of fused-ring (bicyclic) bond motifs is 1. The second kappa shape index (κ2) is 6.86. The highest BCUT2D eigenvalue weighted by Gasteiger charge is 2.35. The van der Waals surface area contributed by atoms with Gasteiger partial charge in [-0.25, -0.2) is 5.43 Å². The van der Waals surface area contributed by atoms with Crippen molar-refractivity contribution in [1.82, 2.24) is 10.3 Å². The molecule has 0 fully saturated rings. The Morgan fingerprint density at radius 1 is 1.08 bits per heavy atom. The molecule has 0 radical (unpaired) electrons. The van der Waals surface area contributed by atoms with E-state index in [2.05, 4.69) is 10.5 Å². The minimum atomic E-state index is -0.427. The molecule has 6 nitrogen and oxygen atoms in total. The van der Waals surface area contributed by atoms with Gasteiger partial charge in [-0.05, 0) is 37.3 Å². The number of amides is 3. The number of halogens is 1. The molecule has 1 aliphatic heterocycles. The van der Waals surface area contributed by atoms with Gasteiger partial charge in [-0.1, -0.05) is 29.8 Å². The molecule has 0 saturated carbocycles. The van der Waals surface area contributed by atoms with Crippen LogP contribution in [0.2, 0.25) is 5.02 Å². The largest absolute Gasteiger partial charge is 0.271 e. The van der Waals surface area contributed by atoms with Gasteiger partial charge in [0.2, 0.25) is 0 Å². The van der Waals surface area contributed by atoms with Crippen molar-refractivity contribution >= 4 is 35.0 Å². The molecule has 0 spiro atoms. The van der Waals surface area contributed by atoms with E-state index in [0.29, 0.717) is 27.4 Å². The van der Waals surface area contributed by atoms with Crippen molar-refractivity contribution in [2.75, 3.05) is 6.54 Å². The Morgan fingerprint density at radius 3 is 2.32 bits per heavy atom. The third-order valence-corrected chi connectivity index (χ3v) is 3.94. The SMILES string of the molecule is CC(CN1C(=O)c2ccccc2C1=O)=NNC(=O)c1cccc(Cl)c1. The van der Waals surface area contributed by atoms with Crippen molar-refractivity contribution < 1.29 is 14.4 Å². The molecule has 2 aromatic carbocycles. The Hall–Kier alpha value is -2.99. The van der Waals surface area contributed by atoms with Crippen LogP contribution in [0.1, 0.15) is 38.0 Å². The maximum absolute atomic E-state index is 12.3. The van der Waals surface area contributed by atoms with Crippen LogP contribution in [0.4, 0.5) is 0 Å². The summed E-state index contributed by atoms with van der Waals surface area (Å²) in [6, 6.07) is 13.1. The Labute approximate surface area is 149 Å². The van der Waals surface area contributed by atoms with Crippen LogP contribution in [0.3, 0.4) is 0 Å². The molecule has 3 amide bonds. The van der Waals surface area contributed by atoms with E-state index >= 15 is 0 Å². The smallest absolute Gasteiger partial charge is 0.269 e. The molecule has 1 aliphatic rings. The Balaban J connectivity index is 1.68. The molecule has 0 unspecified atom stereocenters. The molecule has 0 aliphatic carbocycles. The van der Waals surface area contributed by atoms with Gasteiger partial charge in [0.05, 0.1) is 23.4 Å². The second-order valence-corrected chi connectivity index (χ2v) is 5.98. The number of hydrogen-bond acceptors (Lipinski definition) is 4. The van der Waals surface area contributed by atoms with E-state index < -0.39 is 5.91 Å². The summed E-state index contributed by atoms with van der Waals surface area (Å²) < 4.78 is 0. The normalized spacial score (nSPS) is 13.8. The maximum atomic E-state index is 12.3. The van der Waals surface area contributed by atoms with Crippen LogP contribution in [-0.4, -0.2) is 34.9 Å². The zero-order valence-electron chi connectivity index (χ0n) is 13.3. The van der Waals surface area contributed by atoms with E-state index in [-0.39, 0.29) is 18.4 Å². The first-order chi connectivity index (χ1) is 12.0. The van der Waals surface area contributed by atoms with Crippen LogP contribution in [0.5, 0.6) is 0 Å². The lowest BCUT2D eigenvalue weighted by Crippen LogP contribution is -2.35. The molecule has 126 valence electrons. The fraction of sp³-hybridized carbons (Fsp3) is 0.111. The highest BCUT2D eigenvalue weighted by Crippen LogP contribution is 2.22. The molecule has 2 aromatic rings. The predicted octanol–water partition coefficient (Wildman–Crippen LogP) is 2.74. The van der Waals surface area contributed by atoms with Gasteiger partial charge in [0.15, 0.2) is 0 Å². The number of carbonyl (C=O) groups excluding carboxylic acids is 3. The second-order valence-electron chi connectivity index (χ2n) is 5.54. The van der Waals surface area contributed by atoms with Gasteiger partial charge in [0, 0.05) is 10.6 Å². The van der Waals surface area contributed by atoms with E-state index in [1.165, 1.54) is 6.07 Å². The summed E-state index contributed by atoms with van der Waals surface area (Å²) in [5, 5.41) is 4.40. The van der Waals surface area contributed by atoms with Gasteiger partial charge in [-0.3, -0.25) is 19.3 Å². The topological polar surface area (TPSA) is 78.8 Å². The highest BCUT2D eigenvalue weighted by atomic mass is 35.5. The summed E-state index contributed by atoms with van der Waals surface area (Å²) in [6.45, 7) is 1.63. The highest BCUT2D eigenvalue weighted by molar-refractivity contribution is 6.31. The molecule has 1 heterocycles. The van der Waals surface area contributed by atoms with Gasteiger partial charge >= 0.3 is 0 Å². The lowest BCUT2D eigenvalue weighted by Gasteiger charge is -2.13. The third kappa shape index (κ3) is 3.44. The van der Waals surface area contributed by atoms with E-state index in [1.807, 2.05) is 0 Å². The number of nitrogens with zero attached hydrogens (tertiary/aromatic N) is 2. The van der Waals surface area contributed by atoms with Crippen LogP contribution < -0.4 is 5.43 Å². The summed E-state index contributed by atoms with van der Waals surface area (Å²) in [4.78, 5) is 37.7. The molecule has 0 atom stereocenters. The first-order valence-corrected chi connectivity index (χ1v) is 7.89. The number of nitrogens with one attached hydrogen (secondary N) is 1. The molecule has 0 saturated heterocycles. The van der Waals surface area contributed by atoms with Crippen LogP contribution in [0, 0.1) is 0 Å². The molecule has 7 heteroatoms. The first-order valence-electron chi connectivity index (χ1n) is 7.51. The predicted molar refractivity (Wildman–Crippen MR) is 93.8 cm³/mol. The summed E-state index contributed by atoms with van der Waals surface area (Å²) in [6.07, 6.45) is 0. The molecular formula is C18H14ClN3O3. The Kier molecular flexibility index (Phi) is 4.63. The van der Waals surface area contributed by atoms with Crippen molar-refractivity contribution in [2.24, 2.45) is 5.10 Å². The van der Waals surface area contributed by atoms with Crippen LogP contribution in [0.15, 0.2) is 53.6 Å². The molecule has 3 rings (SSSR count). The summed E-state index contributed by atoms with van der Waals surface area (Å²) in [7, 11) is 0. The van der Waals surface area contributed by atoms with Crippen LogP contribution >= 0.6 is 11.6 Å². The van der Waals surface area contributed by atoms with E-state index in [9.17, 15) is 14.4 Å². The van der Waals surface area contributed by atoms with Gasteiger partial charge in [0.1, 0.15) is 0 Å². The lowest BCUT2D eigenvalue weighted by atomic mass is 10.1. The molecule has 25 heavy (non-hydrogen) atoms. The van der Waals surface area contributed by atoms with Crippen molar-refractivity contribution in [2.45, 2.75) is 6.92 Å². The van der Waals surface area contributed by atoms with E-state index in [4.69, 9.17) is 11.6 Å². The van der Waals surface area contributed by atoms with Gasteiger partial charge < -0.3 is 0 Å². The van der Waals surface area contributed by atoms with Crippen molar-refractivity contribution in [3.05, 3.63) is 70.2 Å². The quantitative estimate of drug-likeness (QED) is 0.520. The minimum Gasteiger partial charge on any atom is -0.269 e. The molecule has 1 N–H and O–H groups in total. The molecule has 0 bridgehead atoms. The number of rotatable bonds is 4. The summed E-state index contributed by atoms with van der Waals surface area (Å²) in [5.74, 6) is -1.16. The Morgan fingerprint density at radius 2 is 1.72 bits per heavy atom. The van der Waals surface area contributed by atoms with Gasteiger partial charge in [-0.15, -0.1) is 0 Å². The summed E-state index contributed by atoms with van der Waals surface area (Å²) >= 11 is 5.84. The van der Waals surface area contributed by atoms with Crippen molar-refractivity contribution in [3.8, 4) is 0 Å². The number of carbonyl (C=O) groups is 3. The fourth-order valence-electron chi connectivity index (χ4n) is 2.49. The first kappa shape index (κ1) is 16.9. The van der Waals surface area contributed by atoms with Gasteiger partial charge in [-0.2, -0.15) is 5.10 Å². The number of imide groups is 1. The minimum absolute atomic E-state index is 0.00216. The van der Waals surface area contributed by atoms with Crippen LogP contribution in [0.25, 0.3) is 0 Å². The third-order valence-electron chi connectivity index (χ3n) is 3.70. The summed E-state index contributed by atoms with van der Waals surface area (Å²) in [5.41, 5.74) is 3.93. The number of hydrogen-bond donors (Lipinski definition) is 1. The monoisotopic (exact) mass is 355 g/mol. The Bertz CT molecular complexity index is 873. The average Bonchev–Trinajstić information content (AvgIpc) is 2.85. The molecule has 0 aromatic heterocycles. The number of hydrazone groups is 1. The molecular weight excluding hydrogens is 342 g/mol. The van der Waals surface area contributed by atoms with Crippen molar-refractivity contribution in [3.63, 3.8) is 0 Å². The van der Waals surface area contributed by atoms with Gasteiger partial charge in [0.25, 0.3) is 17.7 Å². The van der Waals surface area contributed by atoms with Crippen LogP contribution in [-0.2, 0) is 0 Å². The zero-order chi connectivity index (χ0) is 18.0. The van der Waals surface area contributed by atoms with E-state index in [0.717, 1.165) is 4.90 Å². The average molecular weight is 356 g/mol. The number of benzene rings is 2. The van der Waals surface area contributed by atoms with E-state index in [1.54, 1.807) is 49.4 Å². The lowest BCUT2D eigenvalue weighted by molar-refractivity contribution is 0.0677.